The Morgan fingerprint density at radius 3 is 2.52 bits per heavy atom. The van der Waals surface area contributed by atoms with Crippen LogP contribution in [-0.4, -0.2) is 19.7 Å². The van der Waals surface area contributed by atoms with Gasteiger partial charge in [-0.1, -0.05) is 36.4 Å². The molecule has 0 atom stereocenters. The summed E-state index contributed by atoms with van der Waals surface area (Å²) in [6.45, 7) is 1.95. The van der Waals surface area contributed by atoms with E-state index in [2.05, 4.69) is 0 Å². The minimum atomic E-state index is -0.605. The topological polar surface area (TPSA) is 59.3 Å². The molecule has 0 aromatic heterocycles. The Bertz CT molecular complexity index is 755. The first-order chi connectivity index (χ1) is 11.2. The maximum atomic E-state index is 11.6. The van der Waals surface area contributed by atoms with Crippen molar-refractivity contribution in [2.75, 3.05) is 13.7 Å². The molecule has 0 amide bonds. The van der Waals surface area contributed by atoms with Gasteiger partial charge >= 0.3 is 5.97 Å². The quantitative estimate of drug-likeness (QED) is 0.478. The van der Waals surface area contributed by atoms with E-state index in [1.54, 1.807) is 14.0 Å². The predicted octanol–water partition coefficient (Wildman–Crippen LogP) is 3.83. The molecule has 0 aliphatic carbocycles. The Morgan fingerprint density at radius 1 is 1.17 bits per heavy atom. The molecule has 0 aliphatic heterocycles. The summed E-state index contributed by atoms with van der Waals surface area (Å²) in [7, 11) is 1.63. The molecule has 0 fully saturated rings. The van der Waals surface area contributed by atoms with Crippen LogP contribution in [0.3, 0.4) is 0 Å². The molecular weight excluding hydrogens is 290 g/mol. The standard InChI is InChI=1S/C19H17NO3/c1-3-23-19(21)17(13-20)11-14-7-9-15(10-8-14)16-5-4-6-18(12-16)22-2/h4-12H,3H2,1-2H3/b17-11+. The van der Waals surface area contributed by atoms with E-state index in [-0.39, 0.29) is 12.2 Å². The number of methoxy groups -OCH3 is 1. The Hall–Kier alpha value is -3.06. The normalized spacial score (nSPS) is 10.7. The van der Waals surface area contributed by atoms with Gasteiger partial charge in [-0.05, 0) is 41.8 Å². The van der Waals surface area contributed by atoms with Crippen LogP contribution < -0.4 is 4.74 Å². The molecule has 0 N–H and O–H groups in total. The smallest absolute Gasteiger partial charge is 0.348 e. The Balaban J connectivity index is 2.25. The van der Waals surface area contributed by atoms with Crippen LogP contribution in [0.25, 0.3) is 17.2 Å². The molecule has 4 nitrogen and oxygen atoms in total. The van der Waals surface area contributed by atoms with Gasteiger partial charge in [-0.15, -0.1) is 0 Å². The highest BCUT2D eigenvalue weighted by Crippen LogP contribution is 2.24. The molecular formula is C19H17NO3. The summed E-state index contributed by atoms with van der Waals surface area (Å²) in [4.78, 5) is 11.6. The van der Waals surface area contributed by atoms with Crippen molar-refractivity contribution in [1.29, 1.82) is 5.26 Å². The van der Waals surface area contributed by atoms with Crippen molar-refractivity contribution >= 4 is 12.0 Å². The van der Waals surface area contributed by atoms with E-state index in [1.165, 1.54) is 6.08 Å². The molecule has 0 saturated heterocycles. The van der Waals surface area contributed by atoms with Crippen LogP contribution in [0.1, 0.15) is 12.5 Å². The van der Waals surface area contributed by atoms with Gasteiger partial charge < -0.3 is 9.47 Å². The molecule has 2 aromatic rings. The highest BCUT2D eigenvalue weighted by Gasteiger charge is 2.09. The molecule has 23 heavy (non-hydrogen) atoms. The van der Waals surface area contributed by atoms with Crippen LogP contribution >= 0.6 is 0 Å². The number of nitriles is 1. The van der Waals surface area contributed by atoms with E-state index in [1.807, 2.05) is 54.6 Å². The lowest BCUT2D eigenvalue weighted by molar-refractivity contribution is -0.137. The fourth-order valence-electron chi connectivity index (χ4n) is 2.09. The monoisotopic (exact) mass is 307 g/mol. The van der Waals surface area contributed by atoms with Crippen LogP contribution in [0.2, 0.25) is 0 Å². The van der Waals surface area contributed by atoms with Gasteiger partial charge in [0.25, 0.3) is 0 Å². The second-order valence-electron chi connectivity index (χ2n) is 4.74. The number of nitrogens with zero attached hydrogens (tertiary/aromatic N) is 1. The number of carbonyl (C=O) groups is 1. The third-order valence-electron chi connectivity index (χ3n) is 3.24. The van der Waals surface area contributed by atoms with E-state index >= 15 is 0 Å². The number of benzene rings is 2. The van der Waals surface area contributed by atoms with Gasteiger partial charge in [-0.25, -0.2) is 4.79 Å². The maximum absolute atomic E-state index is 11.6. The van der Waals surface area contributed by atoms with Crippen molar-refractivity contribution in [2.45, 2.75) is 6.92 Å². The number of hydrogen-bond donors (Lipinski definition) is 0. The molecule has 0 spiro atoms. The SMILES string of the molecule is CCOC(=O)/C(C#N)=C/c1ccc(-c2cccc(OC)c2)cc1. The summed E-state index contributed by atoms with van der Waals surface area (Å²) in [5.74, 6) is 0.187. The fourth-order valence-corrected chi connectivity index (χ4v) is 2.09. The predicted molar refractivity (Wildman–Crippen MR) is 88.7 cm³/mol. The second kappa shape index (κ2) is 7.81. The average molecular weight is 307 g/mol. The summed E-state index contributed by atoms with van der Waals surface area (Å²) < 4.78 is 10.1. The Labute approximate surface area is 135 Å². The van der Waals surface area contributed by atoms with Crippen LogP contribution in [0.15, 0.2) is 54.1 Å². The summed E-state index contributed by atoms with van der Waals surface area (Å²) in [6, 6.07) is 17.2. The van der Waals surface area contributed by atoms with Crippen molar-refractivity contribution in [2.24, 2.45) is 0 Å². The maximum Gasteiger partial charge on any atom is 0.348 e. The molecule has 0 saturated carbocycles. The molecule has 2 aromatic carbocycles. The van der Waals surface area contributed by atoms with E-state index in [4.69, 9.17) is 14.7 Å². The molecule has 0 heterocycles. The van der Waals surface area contributed by atoms with E-state index in [9.17, 15) is 4.79 Å². The first-order valence-corrected chi connectivity index (χ1v) is 7.21. The van der Waals surface area contributed by atoms with Crippen molar-refractivity contribution in [1.82, 2.24) is 0 Å². The third kappa shape index (κ3) is 4.21. The first kappa shape index (κ1) is 16.3. The van der Waals surface area contributed by atoms with Gasteiger partial charge in [0, 0.05) is 0 Å². The van der Waals surface area contributed by atoms with E-state index in [0.29, 0.717) is 0 Å². The van der Waals surface area contributed by atoms with Crippen molar-refractivity contribution in [3.8, 4) is 22.9 Å². The largest absolute Gasteiger partial charge is 0.497 e. The molecule has 0 unspecified atom stereocenters. The fraction of sp³-hybridized carbons (Fsp3) is 0.158. The minimum absolute atomic E-state index is 0.0130. The molecule has 0 aliphatic rings. The van der Waals surface area contributed by atoms with Gasteiger partial charge in [-0.3, -0.25) is 0 Å². The van der Waals surface area contributed by atoms with Crippen molar-refractivity contribution in [3.63, 3.8) is 0 Å². The number of ether oxygens (including phenoxy) is 2. The lowest BCUT2D eigenvalue weighted by atomic mass is 10.0. The third-order valence-corrected chi connectivity index (χ3v) is 3.24. The van der Waals surface area contributed by atoms with Gasteiger partial charge in [0.1, 0.15) is 17.4 Å². The van der Waals surface area contributed by atoms with Crippen molar-refractivity contribution in [3.05, 3.63) is 59.7 Å². The van der Waals surface area contributed by atoms with Crippen LogP contribution in [0.5, 0.6) is 5.75 Å². The molecule has 116 valence electrons. The number of esters is 1. The average Bonchev–Trinajstić information content (AvgIpc) is 2.60. The zero-order chi connectivity index (χ0) is 16.7. The van der Waals surface area contributed by atoms with Crippen molar-refractivity contribution < 1.29 is 14.3 Å². The Morgan fingerprint density at radius 2 is 1.91 bits per heavy atom. The first-order valence-electron chi connectivity index (χ1n) is 7.21. The molecule has 0 radical (unpaired) electrons. The summed E-state index contributed by atoms with van der Waals surface area (Å²) in [5, 5.41) is 9.04. The van der Waals surface area contributed by atoms with Crippen LogP contribution in [0, 0.1) is 11.3 Å². The molecule has 0 bridgehead atoms. The minimum Gasteiger partial charge on any atom is -0.497 e. The lowest BCUT2D eigenvalue weighted by Crippen LogP contribution is -2.05. The highest BCUT2D eigenvalue weighted by molar-refractivity contribution is 5.97. The zero-order valence-electron chi connectivity index (χ0n) is 13.1. The van der Waals surface area contributed by atoms with Gasteiger partial charge in [0.2, 0.25) is 0 Å². The summed E-state index contributed by atoms with van der Waals surface area (Å²) in [6.07, 6.45) is 1.52. The Kier molecular flexibility index (Phi) is 5.54. The highest BCUT2D eigenvalue weighted by atomic mass is 16.5. The number of hydrogen-bond acceptors (Lipinski definition) is 4. The van der Waals surface area contributed by atoms with Crippen LogP contribution in [0.4, 0.5) is 0 Å². The lowest BCUT2D eigenvalue weighted by Gasteiger charge is -2.05. The van der Waals surface area contributed by atoms with Gasteiger partial charge in [0.05, 0.1) is 13.7 Å². The van der Waals surface area contributed by atoms with E-state index in [0.717, 1.165) is 22.4 Å². The van der Waals surface area contributed by atoms with Crippen LogP contribution in [-0.2, 0) is 9.53 Å². The number of carbonyl (C=O) groups excluding carboxylic acids is 1. The summed E-state index contributed by atoms with van der Waals surface area (Å²) >= 11 is 0. The molecule has 4 heteroatoms. The van der Waals surface area contributed by atoms with Gasteiger partial charge in [0.15, 0.2) is 0 Å². The number of rotatable bonds is 5. The second-order valence-corrected chi connectivity index (χ2v) is 4.74. The zero-order valence-corrected chi connectivity index (χ0v) is 13.1. The summed E-state index contributed by atoms with van der Waals surface area (Å²) in [5.41, 5.74) is 2.81. The molecule has 2 rings (SSSR count). The van der Waals surface area contributed by atoms with Gasteiger partial charge in [-0.2, -0.15) is 5.26 Å². The van der Waals surface area contributed by atoms with E-state index < -0.39 is 5.97 Å².